The number of nitro benzene ring substituents is 1. The fourth-order valence-corrected chi connectivity index (χ4v) is 4.22. The molecule has 2 aromatic carbocycles. The minimum atomic E-state index is -0.508. The quantitative estimate of drug-likeness (QED) is 0.441. The summed E-state index contributed by atoms with van der Waals surface area (Å²) in [6.07, 6.45) is 0.153. The molecule has 0 aliphatic carbocycles. The predicted octanol–water partition coefficient (Wildman–Crippen LogP) is 0.640. The van der Waals surface area contributed by atoms with Gasteiger partial charge in [0, 0.05) is 12.1 Å². The highest BCUT2D eigenvalue weighted by molar-refractivity contribution is 6.21. The molecule has 2 aliphatic rings. The molecule has 1 atom stereocenters. The molecular formula is C21H23N4O5+. The third-order valence-electron chi connectivity index (χ3n) is 5.79. The van der Waals surface area contributed by atoms with Crippen LogP contribution in [0.2, 0.25) is 0 Å². The number of nitrogens with one attached hydrogen (secondary N) is 1. The van der Waals surface area contributed by atoms with Gasteiger partial charge in [-0.15, -0.1) is 0 Å². The number of nitro groups is 1. The number of carbonyl (C=O) groups is 2. The molecule has 2 fully saturated rings. The van der Waals surface area contributed by atoms with E-state index in [1.54, 1.807) is 7.11 Å². The van der Waals surface area contributed by atoms with Crippen LogP contribution in [0.25, 0.3) is 0 Å². The molecule has 4 rings (SSSR count). The highest BCUT2D eigenvalue weighted by atomic mass is 16.6. The van der Waals surface area contributed by atoms with E-state index in [0.717, 1.165) is 47.4 Å². The molecule has 0 aromatic heterocycles. The van der Waals surface area contributed by atoms with Crippen molar-refractivity contribution in [2.45, 2.75) is 12.5 Å². The van der Waals surface area contributed by atoms with E-state index in [1.807, 2.05) is 24.3 Å². The molecule has 2 saturated heterocycles. The van der Waals surface area contributed by atoms with Gasteiger partial charge in [-0.25, -0.2) is 4.90 Å². The van der Waals surface area contributed by atoms with Gasteiger partial charge in [-0.1, -0.05) is 12.1 Å². The monoisotopic (exact) mass is 411 g/mol. The zero-order valence-corrected chi connectivity index (χ0v) is 16.6. The van der Waals surface area contributed by atoms with Crippen molar-refractivity contribution >= 4 is 28.9 Å². The van der Waals surface area contributed by atoms with Crippen molar-refractivity contribution in [2.75, 3.05) is 43.1 Å². The molecule has 0 radical (unpaired) electrons. The largest absolute Gasteiger partial charge is 0.495 e. The summed E-state index contributed by atoms with van der Waals surface area (Å²) in [6.45, 7) is 2.97. The van der Waals surface area contributed by atoms with Crippen molar-refractivity contribution in [1.29, 1.82) is 0 Å². The molecular weight excluding hydrogens is 388 g/mol. The van der Waals surface area contributed by atoms with Gasteiger partial charge < -0.3 is 14.5 Å². The Labute approximate surface area is 173 Å². The van der Waals surface area contributed by atoms with Gasteiger partial charge in [-0.05, 0) is 24.3 Å². The molecule has 1 N–H and O–H groups in total. The van der Waals surface area contributed by atoms with Crippen molar-refractivity contribution in [3.8, 4) is 5.75 Å². The van der Waals surface area contributed by atoms with Crippen molar-refractivity contribution in [3.63, 3.8) is 0 Å². The lowest BCUT2D eigenvalue weighted by Gasteiger charge is -2.36. The minimum absolute atomic E-state index is 0.0764. The van der Waals surface area contributed by atoms with Gasteiger partial charge in [0.15, 0.2) is 6.04 Å². The van der Waals surface area contributed by atoms with E-state index in [1.165, 1.54) is 24.3 Å². The standard InChI is InChI=1S/C21H22N4O5/c1-30-19-5-3-2-4-17(19)22-10-12-23(13-11-22)18-14-20(26)24(21(18)27)15-6-8-16(9-7-15)25(28)29/h2-9,18H,10-14H2,1H3/p+1/t18-/m0/s1. The van der Waals surface area contributed by atoms with Crippen LogP contribution in [0, 0.1) is 10.1 Å². The number of rotatable bonds is 5. The average molecular weight is 411 g/mol. The second-order valence-corrected chi connectivity index (χ2v) is 7.41. The second kappa shape index (κ2) is 8.11. The lowest BCUT2D eigenvalue weighted by molar-refractivity contribution is -0.915. The topological polar surface area (TPSA) is 97.4 Å². The summed E-state index contributed by atoms with van der Waals surface area (Å²) in [5.41, 5.74) is 1.33. The smallest absolute Gasteiger partial charge is 0.292 e. The molecule has 2 amide bonds. The fourth-order valence-electron chi connectivity index (χ4n) is 4.22. The van der Waals surface area contributed by atoms with Crippen LogP contribution in [0.15, 0.2) is 48.5 Å². The van der Waals surface area contributed by atoms with Gasteiger partial charge in [0.1, 0.15) is 5.75 Å². The van der Waals surface area contributed by atoms with Crippen LogP contribution in [0.3, 0.4) is 0 Å². The summed E-state index contributed by atoms with van der Waals surface area (Å²) in [6, 6.07) is 12.9. The molecule has 9 heteroatoms. The number of non-ortho nitro benzene ring substituents is 1. The van der Waals surface area contributed by atoms with Crippen LogP contribution in [0.4, 0.5) is 17.1 Å². The Hall–Kier alpha value is -3.46. The highest BCUT2D eigenvalue weighted by Gasteiger charge is 2.46. The fraction of sp³-hybridized carbons (Fsp3) is 0.333. The van der Waals surface area contributed by atoms with E-state index in [0.29, 0.717) is 5.69 Å². The number of hydrogen-bond acceptors (Lipinski definition) is 6. The maximum Gasteiger partial charge on any atom is 0.292 e. The number of para-hydroxylation sites is 2. The number of methoxy groups -OCH3 is 1. The first-order valence-electron chi connectivity index (χ1n) is 9.83. The zero-order valence-electron chi connectivity index (χ0n) is 16.6. The number of hydrogen-bond donors (Lipinski definition) is 1. The van der Waals surface area contributed by atoms with Crippen molar-refractivity contribution in [2.24, 2.45) is 0 Å². The molecule has 0 spiro atoms. The summed E-state index contributed by atoms with van der Waals surface area (Å²) < 4.78 is 5.45. The molecule has 0 unspecified atom stereocenters. The average Bonchev–Trinajstić information content (AvgIpc) is 3.07. The third kappa shape index (κ3) is 3.59. The van der Waals surface area contributed by atoms with Gasteiger partial charge in [0.2, 0.25) is 5.91 Å². The van der Waals surface area contributed by atoms with Gasteiger partial charge >= 0.3 is 0 Å². The Balaban J connectivity index is 1.44. The van der Waals surface area contributed by atoms with Crippen molar-refractivity contribution < 1.29 is 24.1 Å². The van der Waals surface area contributed by atoms with Crippen LogP contribution in [-0.2, 0) is 9.59 Å². The Bertz CT molecular complexity index is 970. The first-order chi connectivity index (χ1) is 14.5. The summed E-state index contributed by atoms with van der Waals surface area (Å²) in [7, 11) is 1.65. The van der Waals surface area contributed by atoms with Gasteiger partial charge in [0.25, 0.3) is 11.6 Å². The van der Waals surface area contributed by atoms with E-state index < -0.39 is 11.0 Å². The molecule has 0 saturated carbocycles. The lowest BCUT2D eigenvalue weighted by Crippen LogP contribution is -3.19. The number of ether oxygens (including phenoxy) is 1. The van der Waals surface area contributed by atoms with Crippen LogP contribution in [0.1, 0.15) is 6.42 Å². The van der Waals surface area contributed by atoms with E-state index in [2.05, 4.69) is 4.90 Å². The lowest BCUT2D eigenvalue weighted by atomic mass is 10.1. The van der Waals surface area contributed by atoms with E-state index in [4.69, 9.17) is 4.74 Å². The van der Waals surface area contributed by atoms with Gasteiger partial charge in [0.05, 0.1) is 56.0 Å². The number of piperazine rings is 1. The highest BCUT2D eigenvalue weighted by Crippen LogP contribution is 2.28. The molecule has 2 aliphatic heterocycles. The van der Waals surface area contributed by atoms with Crippen molar-refractivity contribution in [3.05, 3.63) is 58.6 Å². The number of amides is 2. The molecule has 156 valence electrons. The number of benzene rings is 2. The SMILES string of the molecule is COc1ccccc1N1CC[NH+]([C@H]2CC(=O)N(c3ccc([N+](=O)[O-])cc3)C2=O)CC1. The van der Waals surface area contributed by atoms with E-state index in [-0.39, 0.29) is 23.9 Å². The first kappa shape index (κ1) is 19.8. The summed E-state index contributed by atoms with van der Waals surface area (Å²) in [5.74, 6) is 0.311. The maximum atomic E-state index is 13.0. The Morgan fingerprint density at radius 3 is 2.37 bits per heavy atom. The number of imide groups is 1. The molecule has 9 nitrogen and oxygen atoms in total. The zero-order chi connectivity index (χ0) is 21.3. The normalized spacial score (nSPS) is 20.0. The van der Waals surface area contributed by atoms with Crippen LogP contribution in [-0.4, -0.2) is 56.1 Å². The molecule has 2 heterocycles. The Kier molecular flexibility index (Phi) is 5.37. The van der Waals surface area contributed by atoms with E-state index >= 15 is 0 Å². The van der Waals surface area contributed by atoms with Gasteiger partial charge in [-0.3, -0.25) is 19.7 Å². The third-order valence-corrected chi connectivity index (χ3v) is 5.79. The minimum Gasteiger partial charge on any atom is -0.495 e. The number of carbonyl (C=O) groups excluding carboxylic acids is 2. The summed E-state index contributed by atoms with van der Waals surface area (Å²) in [5, 5.41) is 10.8. The number of quaternary nitrogens is 1. The molecule has 30 heavy (non-hydrogen) atoms. The molecule has 2 aromatic rings. The Morgan fingerprint density at radius 2 is 1.73 bits per heavy atom. The van der Waals surface area contributed by atoms with Crippen LogP contribution >= 0.6 is 0 Å². The predicted molar refractivity (Wildman–Crippen MR) is 110 cm³/mol. The van der Waals surface area contributed by atoms with Crippen LogP contribution in [0.5, 0.6) is 5.75 Å². The maximum absolute atomic E-state index is 13.0. The number of anilines is 2. The summed E-state index contributed by atoms with van der Waals surface area (Å²) >= 11 is 0. The number of nitrogens with zero attached hydrogens (tertiary/aromatic N) is 3. The van der Waals surface area contributed by atoms with Crippen LogP contribution < -0.4 is 19.4 Å². The van der Waals surface area contributed by atoms with E-state index in [9.17, 15) is 19.7 Å². The van der Waals surface area contributed by atoms with Gasteiger partial charge in [-0.2, -0.15) is 0 Å². The molecule has 0 bridgehead atoms. The summed E-state index contributed by atoms with van der Waals surface area (Å²) in [4.78, 5) is 40.4. The first-order valence-corrected chi connectivity index (χ1v) is 9.83. The Morgan fingerprint density at radius 1 is 1.07 bits per heavy atom. The van der Waals surface area contributed by atoms with Crippen molar-refractivity contribution in [1.82, 2.24) is 0 Å². The second-order valence-electron chi connectivity index (χ2n) is 7.41.